The smallest absolute Gasteiger partial charge is 0.287 e. The first kappa shape index (κ1) is 19.9. The fourth-order valence-corrected chi connectivity index (χ4v) is 3.83. The average molecular weight is 408 g/mol. The van der Waals surface area contributed by atoms with Gasteiger partial charge in [0.1, 0.15) is 6.54 Å². The summed E-state index contributed by atoms with van der Waals surface area (Å²) < 4.78 is 6.59. The normalized spacial score (nSPS) is 14.8. The van der Waals surface area contributed by atoms with Crippen molar-refractivity contribution in [3.63, 3.8) is 0 Å². The number of benzene rings is 1. The van der Waals surface area contributed by atoms with Gasteiger partial charge in [0, 0.05) is 24.7 Å². The lowest BCUT2D eigenvalue weighted by Crippen LogP contribution is -2.47. The predicted molar refractivity (Wildman–Crippen MR) is 111 cm³/mol. The fourth-order valence-electron chi connectivity index (χ4n) is 3.83. The van der Waals surface area contributed by atoms with Gasteiger partial charge in [-0.3, -0.25) is 19.0 Å². The molecule has 0 bridgehead atoms. The van der Waals surface area contributed by atoms with Gasteiger partial charge in [0.05, 0.1) is 23.5 Å². The maximum atomic E-state index is 12.7. The zero-order valence-electron chi connectivity index (χ0n) is 17.1. The molecule has 8 heteroatoms. The summed E-state index contributed by atoms with van der Waals surface area (Å²) >= 11 is 0. The standard InChI is InChI=1S/C22H24N4O4/c1-14-4-3-5-17-19(14)23-13-26(22(17)29)12-18(27)25-9-6-16(7-10-25)24-21(28)20-15(2)8-11-30-20/h3-5,8,11,13,16H,6-7,9-10,12H2,1-2H3,(H,24,28). The summed E-state index contributed by atoms with van der Waals surface area (Å²) in [6.45, 7) is 4.73. The first-order valence-corrected chi connectivity index (χ1v) is 10.0. The van der Waals surface area contributed by atoms with Crippen LogP contribution in [-0.4, -0.2) is 45.4 Å². The molecule has 0 radical (unpaired) electrons. The van der Waals surface area contributed by atoms with Crippen molar-refractivity contribution in [2.24, 2.45) is 0 Å². The molecule has 1 fully saturated rings. The van der Waals surface area contributed by atoms with Gasteiger partial charge in [0.2, 0.25) is 5.91 Å². The van der Waals surface area contributed by atoms with Gasteiger partial charge in [-0.25, -0.2) is 4.98 Å². The highest BCUT2D eigenvalue weighted by Gasteiger charge is 2.25. The Kier molecular flexibility index (Phi) is 5.39. The number of furan rings is 1. The number of rotatable bonds is 4. The molecule has 30 heavy (non-hydrogen) atoms. The molecule has 0 aliphatic carbocycles. The molecule has 0 saturated carbocycles. The Morgan fingerprint density at radius 2 is 1.93 bits per heavy atom. The summed E-state index contributed by atoms with van der Waals surface area (Å²) in [7, 11) is 0. The van der Waals surface area contributed by atoms with Crippen LogP contribution >= 0.6 is 0 Å². The second kappa shape index (κ2) is 8.14. The van der Waals surface area contributed by atoms with E-state index >= 15 is 0 Å². The molecule has 2 aromatic heterocycles. The SMILES string of the molecule is Cc1ccoc1C(=O)NC1CCN(C(=O)Cn2cnc3c(C)cccc3c2=O)CC1. The molecule has 3 aromatic rings. The van der Waals surface area contributed by atoms with Crippen molar-refractivity contribution in [3.8, 4) is 0 Å². The van der Waals surface area contributed by atoms with Gasteiger partial charge in [0.25, 0.3) is 11.5 Å². The summed E-state index contributed by atoms with van der Waals surface area (Å²) in [5, 5.41) is 3.48. The Labute approximate surface area is 173 Å². The molecule has 4 rings (SSSR count). The van der Waals surface area contributed by atoms with Crippen molar-refractivity contribution in [2.45, 2.75) is 39.3 Å². The molecule has 1 saturated heterocycles. The van der Waals surface area contributed by atoms with E-state index in [0.29, 0.717) is 42.6 Å². The van der Waals surface area contributed by atoms with Crippen LogP contribution in [0.3, 0.4) is 0 Å². The Balaban J connectivity index is 1.36. The van der Waals surface area contributed by atoms with Crippen LogP contribution in [0.15, 0.2) is 46.1 Å². The van der Waals surface area contributed by atoms with Gasteiger partial charge in [0.15, 0.2) is 5.76 Å². The molecular formula is C22H24N4O4. The Hall–Kier alpha value is -3.42. The Bertz CT molecular complexity index is 1160. The van der Waals surface area contributed by atoms with E-state index in [0.717, 1.165) is 11.1 Å². The fraction of sp³-hybridized carbons (Fsp3) is 0.364. The molecule has 156 valence electrons. The number of hydrogen-bond acceptors (Lipinski definition) is 5. The van der Waals surface area contributed by atoms with Crippen LogP contribution in [0.5, 0.6) is 0 Å². The van der Waals surface area contributed by atoms with Crippen LogP contribution in [0, 0.1) is 13.8 Å². The van der Waals surface area contributed by atoms with Gasteiger partial charge in [-0.15, -0.1) is 0 Å². The number of fused-ring (bicyclic) bond motifs is 1. The number of carbonyl (C=O) groups is 2. The van der Waals surface area contributed by atoms with E-state index in [1.54, 1.807) is 17.0 Å². The van der Waals surface area contributed by atoms with Crippen LogP contribution in [0.25, 0.3) is 10.9 Å². The van der Waals surface area contributed by atoms with Crippen molar-refractivity contribution < 1.29 is 14.0 Å². The third-order valence-electron chi connectivity index (χ3n) is 5.61. The van der Waals surface area contributed by atoms with Crippen LogP contribution < -0.4 is 10.9 Å². The number of amides is 2. The second-order valence-corrected chi connectivity index (χ2v) is 7.71. The zero-order valence-corrected chi connectivity index (χ0v) is 17.1. The van der Waals surface area contributed by atoms with Gasteiger partial charge < -0.3 is 14.6 Å². The van der Waals surface area contributed by atoms with E-state index in [2.05, 4.69) is 10.3 Å². The molecule has 0 spiro atoms. The highest BCUT2D eigenvalue weighted by Crippen LogP contribution is 2.15. The van der Waals surface area contributed by atoms with Gasteiger partial charge in [-0.2, -0.15) is 0 Å². The summed E-state index contributed by atoms with van der Waals surface area (Å²) in [5.74, 6) is -0.0316. The van der Waals surface area contributed by atoms with Crippen LogP contribution in [-0.2, 0) is 11.3 Å². The van der Waals surface area contributed by atoms with Gasteiger partial charge in [-0.05, 0) is 44.4 Å². The number of hydrogen-bond donors (Lipinski definition) is 1. The lowest BCUT2D eigenvalue weighted by Gasteiger charge is -2.32. The van der Waals surface area contributed by atoms with E-state index in [1.807, 2.05) is 26.0 Å². The summed E-state index contributed by atoms with van der Waals surface area (Å²) in [5.41, 5.74) is 2.17. The lowest BCUT2D eigenvalue weighted by molar-refractivity contribution is -0.133. The highest BCUT2D eigenvalue weighted by atomic mass is 16.3. The number of aryl methyl sites for hydroxylation is 2. The minimum absolute atomic E-state index is 0.0147. The van der Waals surface area contributed by atoms with E-state index in [-0.39, 0.29) is 30.0 Å². The van der Waals surface area contributed by atoms with Crippen molar-refractivity contribution in [2.75, 3.05) is 13.1 Å². The van der Waals surface area contributed by atoms with Crippen molar-refractivity contribution >= 4 is 22.7 Å². The maximum Gasteiger partial charge on any atom is 0.287 e. The van der Waals surface area contributed by atoms with E-state index in [4.69, 9.17) is 4.42 Å². The third kappa shape index (κ3) is 3.85. The molecular weight excluding hydrogens is 384 g/mol. The number of para-hydroxylation sites is 1. The molecule has 1 N–H and O–H groups in total. The first-order chi connectivity index (χ1) is 14.4. The molecule has 3 heterocycles. The number of piperidine rings is 1. The molecule has 0 unspecified atom stereocenters. The van der Waals surface area contributed by atoms with Crippen LogP contribution in [0.1, 0.15) is 34.5 Å². The maximum absolute atomic E-state index is 12.7. The number of nitrogens with one attached hydrogen (secondary N) is 1. The van der Waals surface area contributed by atoms with Crippen molar-refractivity contribution in [3.05, 3.63) is 64.1 Å². The minimum Gasteiger partial charge on any atom is -0.459 e. The van der Waals surface area contributed by atoms with E-state index in [9.17, 15) is 14.4 Å². The van der Waals surface area contributed by atoms with E-state index < -0.39 is 0 Å². The monoisotopic (exact) mass is 408 g/mol. The quantitative estimate of drug-likeness (QED) is 0.712. The Morgan fingerprint density at radius 3 is 2.63 bits per heavy atom. The molecule has 1 aliphatic heterocycles. The van der Waals surface area contributed by atoms with Crippen molar-refractivity contribution in [1.82, 2.24) is 19.8 Å². The lowest BCUT2D eigenvalue weighted by atomic mass is 10.0. The predicted octanol–water partition coefficient (Wildman–Crippen LogP) is 2.03. The van der Waals surface area contributed by atoms with Gasteiger partial charge >= 0.3 is 0 Å². The van der Waals surface area contributed by atoms with Gasteiger partial charge in [-0.1, -0.05) is 12.1 Å². The summed E-state index contributed by atoms with van der Waals surface area (Å²) in [6.07, 6.45) is 4.24. The zero-order chi connectivity index (χ0) is 21.3. The molecule has 1 aliphatic rings. The first-order valence-electron chi connectivity index (χ1n) is 10.0. The van der Waals surface area contributed by atoms with E-state index in [1.165, 1.54) is 17.2 Å². The van der Waals surface area contributed by atoms with Crippen molar-refractivity contribution in [1.29, 1.82) is 0 Å². The van der Waals surface area contributed by atoms with Crippen LogP contribution in [0.4, 0.5) is 0 Å². The largest absolute Gasteiger partial charge is 0.459 e. The summed E-state index contributed by atoms with van der Waals surface area (Å²) in [6, 6.07) is 7.18. The second-order valence-electron chi connectivity index (χ2n) is 7.71. The average Bonchev–Trinajstić information content (AvgIpc) is 3.17. The number of carbonyl (C=O) groups excluding carboxylic acids is 2. The topological polar surface area (TPSA) is 97.4 Å². The number of likely N-dealkylation sites (tertiary alicyclic amines) is 1. The summed E-state index contributed by atoms with van der Waals surface area (Å²) in [4.78, 5) is 43.8. The number of aromatic nitrogens is 2. The molecule has 2 amide bonds. The highest BCUT2D eigenvalue weighted by molar-refractivity contribution is 5.93. The molecule has 8 nitrogen and oxygen atoms in total. The minimum atomic E-state index is -0.230. The Morgan fingerprint density at radius 1 is 1.17 bits per heavy atom. The van der Waals surface area contributed by atoms with Crippen LogP contribution in [0.2, 0.25) is 0 Å². The molecule has 0 atom stereocenters. The number of nitrogens with zero attached hydrogens (tertiary/aromatic N) is 3. The third-order valence-corrected chi connectivity index (χ3v) is 5.61. The molecule has 1 aromatic carbocycles.